The molecule has 4 heteroatoms. The van der Waals surface area contributed by atoms with Crippen LogP contribution < -0.4 is 5.32 Å². The lowest BCUT2D eigenvalue weighted by atomic mass is 9.80. The van der Waals surface area contributed by atoms with Gasteiger partial charge < -0.3 is 10.2 Å². The van der Waals surface area contributed by atoms with Crippen molar-refractivity contribution in [1.82, 2.24) is 4.90 Å². The van der Waals surface area contributed by atoms with Crippen molar-refractivity contribution in [2.24, 2.45) is 17.8 Å². The van der Waals surface area contributed by atoms with Gasteiger partial charge in [-0.25, -0.2) is 0 Å². The molecule has 25 heavy (non-hydrogen) atoms. The fraction of sp³-hybridized carbons (Fsp3) is 0.619. The molecule has 2 amide bonds. The summed E-state index contributed by atoms with van der Waals surface area (Å²) in [7, 11) is 0. The number of carbonyl (C=O) groups excluding carboxylic acids is 2. The normalized spacial score (nSPS) is 24.8. The van der Waals surface area contributed by atoms with Crippen LogP contribution >= 0.6 is 0 Å². The zero-order valence-corrected chi connectivity index (χ0v) is 15.5. The third-order valence-corrected chi connectivity index (χ3v) is 5.83. The van der Waals surface area contributed by atoms with E-state index in [1.807, 2.05) is 31.2 Å². The van der Waals surface area contributed by atoms with Crippen molar-refractivity contribution in [2.75, 3.05) is 18.4 Å². The second-order valence-electron chi connectivity index (χ2n) is 7.92. The molecule has 0 radical (unpaired) electrons. The van der Waals surface area contributed by atoms with Gasteiger partial charge in [0.1, 0.15) is 0 Å². The third kappa shape index (κ3) is 4.62. The summed E-state index contributed by atoms with van der Waals surface area (Å²) in [5.41, 5.74) is 2.01. The Morgan fingerprint density at radius 2 is 1.64 bits per heavy atom. The number of carbonyl (C=O) groups is 2. The Bertz CT molecular complexity index is 612. The molecule has 3 rings (SSSR count). The number of piperidine rings is 1. The molecular weight excluding hydrogens is 312 g/mol. The van der Waals surface area contributed by atoms with Gasteiger partial charge in [0.15, 0.2) is 0 Å². The fourth-order valence-corrected chi connectivity index (χ4v) is 4.06. The Labute approximate surface area is 151 Å². The average molecular weight is 342 g/mol. The van der Waals surface area contributed by atoms with Gasteiger partial charge in [0.2, 0.25) is 11.8 Å². The second-order valence-corrected chi connectivity index (χ2v) is 7.92. The molecule has 1 saturated carbocycles. The number of nitrogens with zero attached hydrogens (tertiary/aromatic N) is 1. The molecule has 4 nitrogen and oxygen atoms in total. The summed E-state index contributed by atoms with van der Waals surface area (Å²) < 4.78 is 0. The van der Waals surface area contributed by atoms with Gasteiger partial charge in [0.05, 0.1) is 0 Å². The van der Waals surface area contributed by atoms with Crippen LogP contribution in [0.1, 0.15) is 51.0 Å². The SMILES string of the molecule is Cc1cccc(NC(=O)C2CCC(C(=O)N3CCC(C)CC3)CC2)c1. The molecule has 1 N–H and O–H groups in total. The Balaban J connectivity index is 1.48. The first-order chi connectivity index (χ1) is 12.0. The van der Waals surface area contributed by atoms with Crippen LogP contribution in [-0.2, 0) is 9.59 Å². The first kappa shape index (κ1) is 18.0. The van der Waals surface area contributed by atoms with E-state index in [-0.39, 0.29) is 17.7 Å². The lowest BCUT2D eigenvalue weighted by Gasteiger charge is -2.35. The lowest BCUT2D eigenvalue weighted by Crippen LogP contribution is -2.42. The highest BCUT2D eigenvalue weighted by Crippen LogP contribution is 2.32. The summed E-state index contributed by atoms with van der Waals surface area (Å²) in [6.07, 6.45) is 5.57. The van der Waals surface area contributed by atoms with E-state index < -0.39 is 0 Å². The van der Waals surface area contributed by atoms with E-state index in [9.17, 15) is 9.59 Å². The smallest absolute Gasteiger partial charge is 0.227 e. The number of hydrogen-bond acceptors (Lipinski definition) is 2. The van der Waals surface area contributed by atoms with Crippen molar-refractivity contribution in [1.29, 1.82) is 0 Å². The predicted molar refractivity (Wildman–Crippen MR) is 100 cm³/mol. The van der Waals surface area contributed by atoms with Crippen molar-refractivity contribution >= 4 is 17.5 Å². The molecular formula is C21H30N2O2. The van der Waals surface area contributed by atoms with Crippen molar-refractivity contribution in [3.8, 4) is 0 Å². The van der Waals surface area contributed by atoms with Crippen LogP contribution in [0.5, 0.6) is 0 Å². The van der Waals surface area contributed by atoms with Crippen LogP contribution in [0.2, 0.25) is 0 Å². The summed E-state index contributed by atoms with van der Waals surface area (Å²) >= 11 is 0. The molecule has 1 aliphatic carbocycles. The molecule has 1 aromatic carbocycles. The molecule has 1 heterocycles. The molecule has 0 atom stereocenters. The standard InChI is InChI=1S/C21H30N2O2/c1-15-10-12-23(13-11-15)21(25)18-8-6-17(7-9-18)20(24)22-19-5-3-4-16(2)14-19/h3-5,14-15,17-18H,6-13H2,1-2H3,(H,22,24). The maximum absolute atomic E-state index is 12.7. The van der Waals surface area contributed by atoms with Gasteiger partial charge in [0.25, 0.3) is 0 Å². The van der Waals surface area contributed by atoms with Crippen molar-refractivity contribution in [3.63, 3.8) is 0 Å². The van der Waals surface area contributed by atoms with E-state index in [4.69, 9.17) is 0 Å². The number of amides is 2. The van der Waals surface area contributed by atoms with Crippen LogP contribution in [0.3, 0.4) is 0 Å². The number of benzene rings is 1. The largest absolute Gasteiger partial charge is 0.342 e. The first-order valence-corrected chi connectivity index (χ1v) is 9.69. The van der Waals surface area contributed by atoms with Gasteiger partial charge in [-0.15, -0.1) is 0 Å². The number of likely N-dealkylation sites (tertiary alicyclic amines) is 1. The molecule has 0 bridgehead atoms. The van der Waals surface area contributed by atoms with Gasteiger partial charge >= 0.3 is 0 Å². The molecule has 0 unspecified atom stereocenters. The maximum Gasteiger partial charge on any atom is 0.227 e. The van der Waals surface area contributed by atoms with Gasteiger partial charge in [-0.05, 0) is 69.1 Å². The fourth-order valence-electron chi connectivity index (χ4n) is 4.06. The number of aryl methyl sites for hydroxylation is 1. The maximum atomic E-state index is 12.7. The van der Waals surface area contributed by atoms with Crippen LogP contribution in [0.15, 0.2) is 24.3 Å². The summed E-state index contributed by atoms with van der Waals surface area (Å²) in [5, 5.41) is 3.03. The molecule has 1 aliphatic heterocycles. The first-order valence-electron chi connectivity index (χ1n) is 9.69. The Morgan fingerprint density at radius 3 is 2.28 bits per heavy atom. The number of rotatable bonds is 3. The van der Waals surface area contributed by atoms with Crippen molar-refractivity contribution in [2.45, 2.75) is 52.4 Å². The van der Waals surface area contributed by atoms with Gasteiger partial charge in [-0.1, -0.05) is 19.1 Å². The van der Waals surface area contributed by atoms with Crippen molar-refractivity contribution in [3.05, 3.63) is 29.8 Å². The summed E-state index contributed by atoms with van der Waals surface area (Å²) in [6.45, 7) is 6.11. The predicted octanol–water partition coefficient (Wildman–Crippen LogP) is 4.00. The van der Waals surface area contributed by atoms with Gasteiger partial charge in [0, 0.05) is 30.6 Å². The molecule has 2 fully saturated rings. The monoisotopic (exact) mass is 342 g/mol. The van der Waals surface area contributed by atoms with E-state index in [0.717, 1.165) is 68.8 Å². The van der Waals surface area contributed by atoms with Gasteiger partial charge in [-0.2, -0.15) is 0 Å². The van der Waals surface area contributed by atoms with E-state index in [0.29, 0.717) is 5.91 Å². The zero-order chi connectivity index (χ0) is 17.8. The molecule has 136 valence electrons. The Morgan fingerprint density at radius 1 is 1.00 bits per heavy atom. The van der Waals surface area contributed by atoms with Crippen LogP contribution in [-0.4, -0.2) is 29.8 Å². The highest BCUT2D eigenvalue weighted by atomic mass is 16.2. The lowest BCUT2D eigenvalue weighted by molar-refractivity contribution is -0.139. The quantitative estimate of drug-likeness (QED) is 0.902. The minimum absolute atomic E-state index is 0.0333. The molecule has 2 aliphatic rings. The molecule has 0 spiro atoms. The number of anilines is 1. The minimum atomic E-state index is 0.0333. The third-order valence-electron chi connectivity index (χ3n) is 5.83. The van der Waals surface area contributed by atoms with Crippen LogP contribution in [0.25, 0.3) is 0 Å². The van der Waals surface area contributed by atoms with E-state index in [1.54, 1.807) is 0 Å². The number of nitrogens with one attached hydrogen (secondary N) is 1. The van der Waals surface area contributed by atoms with E-state index >= 15 is 0 Å². The second kappa shape index (κ2) is 8.03. The van der Waals surface area contributed by atoms with E-state index in [1.165, 1.54) is 0 Å². The summed E-state index contributed by atoms with van der Waals surface area (Å²) in [4.78, 5) is 27.2. The highest BCUT2D eigenvalue weighted by molar-refractivity contribution is 5.92. The molecule has 0 aromatic heterocycles. The highest BCUT2D eigenvalue weighted by Gasteiger charge is 2.33. The summed E-state index contributed by atoms with van der Waals surface area (Å²) in [6, 6.07) is 7.90. The Kier molecular flexibility index (Phi) is 5.77. The number of hydrogen-bond donors (Lipinski definition) is 1. The zero-order valence-electron chi connectivity index (χ0n) is 15.5. The van der Waals surface area contributed by atoms with Gasteiger partial charge in [-0.3, -0.25) is 9.59 Å². The van der Waals surface area contributed by atoms with E-state index in [2.05, 4.69) is 17.1 Å². The summed E-state index contributed by atoms with van der Waals surface area (Å²) in [5.74, 6) is 1.32. The van der Waals surface area contributed by atoms with Crippen molar-refractivity contribution < 1.29 is 9.59 Å². The Hall–Kier alpha value is -1.84. The van der Waals surface area contributed by atoms with Crippen LogP contribution in [0.4, 0.5) is 5.69 Å². The molecule has 1 aromatic rings. The topological polar surface area (TPSA) is 49.4 Å². The molecule has 1 saturated heterocycles. The van der Waals surface area contributed by atoms with Crippen LogP contribution in [0, 0.1) is 24.7 Å². The minimum Gasteiger partial charge on any atom is -0.342 e. The average Bonchev–Trinajstić information content (AvgIpc) is 2.62.